The quantitative estimate of drug-likeness (QED) is 0.534. The first-order valence-corrected chi connectivity index (χ1v) is 9.49. The Morgan fingerprint density at radius 2 is 1.83 bits per heavy atom. The normalized spacial score (nSPS) is 10.5. The number of hydrogen-bond acceptors (Lipinski definition) is 6. The lowest BCUT2D eigenvalue weighted by Gasteiger charge is -2.13. The van der Waals surface area contributed by atoms with Gasteiger partial charge in [0.2, 0.25) is 0 Å². The van der Waals surface area contributed by atoms with Gasteiger partial charge in [0.1, 0.15) is 5.75 Å². The molecule has 0 saturated carbocycles. The van der Waals surface area contributed by atoms with E-state index in [1.54, 1.807) is 62.7 Å². The molecule has 2 N–H and O–H groups in total. The molecule has 2 aromatic carbocycles. The van der Waals surface area contributed by atoms with E-state index < -0.39 is 0 Å². The molecule has 3 rings (SSSR count). The molecule has 0 aliphatic carbocycles. The van der Waals surface area contributed by atoms with E-state index in [2.05, 4.69) is 15.7 Å². The van der Waals surface area contributed by atoms with Crippen LogP contribution in [0.5, 0.6) is 11.5 Å². The van der Waals surface area contributed by atoms with Crippen LogP contribution in [-0.2, 0) is 11.8 Å². The second-order valence-corrected chi connectivity index (χ2v) is 6.76. The Morgan fingerprint density at radius 1 is 1.13 bits per heavy atom. The first kappa shape index (κ1) is 21.4. The van der Waals surface area contributed by atoms with Crippen molar-refractivity contribution in [2.75, 3.05) is 25.6 Å². The van der Waals surface area contributed by atoms with Crippen LogP contribution in [0.2, 0.25) is 5.02 Å². The highest BCUT2D eigenvalue weighted by molar-refractivity contribution is 6.30. The Morgan fingerprint density at radius 3 is 2.50 bits per heavy atom. The molecular formula is C21H21ClN4O4. The Labute approximate surface area is 178 Å². The van der Waals surface area contributed by atoms with E-state index in [9.17, 15) is 9.59 Å². The monoisotopic (exact) mass is 428 g/mol. The molecule has 0 radical (unpaired) electrons. The third-order valence-corrected chi connectivity index (χ3v) is 4.40. The first-order chi connectivity index (χ1) is 14.5. The van der Waals surface area contributed by atoms with Gasteiger partial charge in [-0.3, -0.25) is 9.59 Å². The summed E-state index contributed by atoms with van der Waals surface area (Å²) in [4.78, 5) is 24.7. The van der Waals surface area contributed by atoms with Crippen molar-refractivity contribution in [3.63, 3.8) is 0 Å². The molecule has 0 unspecified atom stereocenters. The van der Waals surface area contributed by atoms with E-state index in [0.717, 1.165) is 0 Å². The molecule has 3 aromatic rings. The second-order valence-electron chi connectivity index (χ2n) is 6.32. The van der Waals surface area contributed by atoms with Crippen LogP contribution in [-0.4, -0.2) is 35.9 Å². The van der Waals surface area contributed by atoms with Gasteiger partial charge in [0.25, 0.3) is 11.5 Å². The number of hydrogen-bond donors (Lipinski definition) is 2. The van der Waals surface area contributed by atoms with Gasteiger partial charge in [-0.05, 0) is 48.5 Å². The number of anilines is 2. The minimum Gasteiger partial charge on any atom is -0.453 e. The number of methoxy groups -OCH3 is 1. The van der Waals surface area contributed by atoms with Crippen molar-refractivity contribution < 1.29 is 14.3 Å². The zero-order valence-electron chi connectivity index (χ0n) is 16.5. The number of nitrogens with zero attached hydrogens (tertiary/aromatic N) is 2. The number of ether oxygens (including phenoxy) is 2. The van der Waals surface area contributed by atoms with Gasteiger partial charge in [0, 0.05) is 37.0 Å². The molecule has 0 bridgehead atoms. The number of aryl methyl sites for hydroxylation is 1. The summed E-state index contributed by atoms with van der Waals surface area (Å²) in [6.45, 7) is 0.862. The number of carbonyl (C=O) groups is 1. The summed E-state index contributed by atoms with van der Waals surface area (Å²) in [6, 6.07) is 13.5. The van der Waals surface area contributed by atoms with Gasteiger partial charge in [-0.15, -0.1) is 0 Å². The molecule has 0 atom stereocenters. The van der Waals surface area contributed by atoms with Gasteiger partial charge in [0.05, 0.1) is 12.8 Å². The van der Waals surface area contributed by atoms with Crippen LogP contribution in [0.4, 0.5) is 11.4 Å². The summed E-state index contributed by atoms with van der Waals surface area (Å²) in [6.07, 6.45) is 1.45. The predicted octanol–water partition coefficient (Wildman–Crippen LogP) is 3.35. The smallest absolute Gasteiger partial charge is 0.294 e. The van der Waals surface area contributed by atoms with E-state index in [4.69, 9.17) is 21.1 Å². The minimum atomic E-state index is -0.358. The van der Waals surface area contributed by atoms with Crippen LogP contribution >= 0.6 is 11.6 Å². The van der Waals surface area contributed by atoms with E-state index in [1.807, 2.05) is 0 Å². The number of halogens is 1. The summed E-state index contributed by atoms with van der Waals surface area (Å²) < 4.78 is 11.9. The van der Waals surface area contributed by atoms with Gasteiger partial charge < -0.3 is 20.1 Å². The molecule has 0 saturated heterocycles. The molecule has 30 heavy (non-hydrogen) atoms. The molecule has 9 heteroatoms. The fraction of sp³-hybridized carbons (Fsp3) is 0.190. The fourth-order valence-corrected chi connectivity index (χ4v) is 2.69. The third kappa shape index (κ3) is 5.37. The van der Waals surface area contributed by atoms with Crippen LogP contribution in [0, 0.1) is 0 Å². The lowest BCUT2D eigenvalue weighted by molar-refractivity contribution is 0.0937. The first-order valence-electron chi connectivity index (χ1n) is 9.12. The third-order valence-electron chi connectivity index (χ3n) is 4.15. The number of amides is 1. The van der Waals surface area contributed by atoms with Gasteiger partial charge in [-0.2, -0.15) is 5.10 Å². The summed E-state index contributed by atoms with van der Waals surface area (Å²) in [5, 5.41) is 10.4. The molecular weight excluding hydrogens is 408 g/mol. The van der Waals surface area contributed by atoms with Crippen LogP contribution in [0.25, 0.3) is 0 Å². The number of rotatable bonds is 8. The topological polar surface area (TPSA) is 94.5 Å². The van der Waals surface area contributed by atoms with E-state index in [1.165, 1.54) is 10.9 Å². The zero-order valence-corrected chi connectivity index (χ0v) is 17.3. The van der Waals surface area contributed by atoms with Gasteiger partial charge in [0.15, 0.2) is 11.4 Å². The van der Waals surface area contributed by atoms with Crippen molar-refractivity contribution in [1.82, 2.24) is 15.1 Å². The highest BCUT2D eigenvalue weighted by Crippen LogP contribution is 2.29. The molecule has 0 spiro atoms. The Kier molecular flexibility index (Phi) is 7.05. The lowest BCUT2D eigenvalue weighted by Crippen LogP contribution is -2.26. The van der Waals surface area contributed by atoms with Crippen LogP contribution in [0.1, 0.15) is 10.4 Å². The predicted molar refractivity (Wildman–Crippen MR) is 115 cm³/mol. The van der Waals surface area contributed by atoms with Crippen molar-refractivity contribution in [3.05, 3.63) is 75.7 Å². The molecule has 156 valence electrons. The molecule has 1 heterocycles. The minimum absolute atomic E-state index is 0.204. The molecule has 1 amide bonds. The maximum Gasteiger partial charge on any atom is 0.294 e. The van der Waals surface area contributed by atoms with Crippen molar-refractivity contribution in [1.29, 1.82) is 0 Å². The molecule has 0 aliphatic rings. The maximum absolute atomic E-state index is 12.6. The van der Waals surface area contributed by atoms with Crippen molar-refractivity contribution in [3.8, 4) is 11.5 Å². The van der Waals surface area contributed by atoms with E-state index >= 15 is 0 Å². The van der Waals surface area contributed by atoms with Crippen LogP contribution < -0.4 is 20.9 Å². The fourth-order valence-electron chi connectivity index (χ4n) is 2.56. The van der Waals surface area contributed by atoms with Crippen molar-refractivity contribution >= 4 is 28.9 Å². The van der Waals surface area contributed by atoms with E-state index in [0.29, 0.717) is 35.2 Å². The SMILES string of the molecule is COCCNC(=O)c1ccc(Nc2c(Oc3ccc(Cl)cc3)cnn(C)c2=O)cc1. The summed E-state index contributed by atoms with van der Waals surface area (Å²) in [5.74, 6) is 0.576. The average molecular weight is 429 g/mol. The lowest BCUT2D eigenvalue weighted by atomic mass is 10.2. The number of carbonyl (C=O) groups excluding carboxylic acids is 1. The highest BCUT2D eigenvalue weighted by atomic mass is 35.5. The number of nitrogens with one attached hydrogen (secondary N) is 2. The van der Waals surface area contributed by atoms with Crippen LogP contribution in [0.15, 0.2) is 59.5 Å². The standard InChI is InChI=1S/C21H21ClN4O4/c1-26-21(28)19(18(13-24-26)30-17-9-5-15(22)6-10-17)25-16-7-3-14(4-8-16)20(27)23-11-12-29-2/h3-10,13,25H,11-12H2,1-2H3,(H,23,27). The van der Waals surface area contributed by atoms with Gasteiger partial charge in [-0.25, -0.2) is 4.68 Å². The number of aromatic nitrogens is 2. The van der Waals surface area contributed by atoms with E-state index in [-0.39, 0.29) is 22.9 Å². The second kappa shape index (κ2) is 9.91. The molecule has 8 nitrogen and oxygen atoms in total. The summed E-state index contributed by atoms with van der Waals surface area (Å²) in [7, 11) is 3.12. The highest BCUT2D eigenvalue weighted by Gasteiger charge is 2.13. The Bertz CT molecular complexity index is 1070. The maximum atomic E-state index is 12.6. The van der Waals surface area contributed by atoms with Gasteiger partial charge in [-0.1, -0.05) is 11.6 Å². The largest absolute Gasteiger partial charge is 0.453 e. The number of benzene rings is 2. The molecule has 1 aromatic heterocycles. The Hall–Kier alpha value is -3.36. The molecule has 0 aliphatic heterocycles. The van der Waals surface area contributed by atoms with Crippen LogP contribution in [0.3, 0.4) is 0 Å². The zero-order chi connectivity index (χ0) is 21.5. The van der Waals surface area contributed by atoms with Crippen molar-refractivity contribution in [2.45, 2.75) is 0 Å². The Balaban J connectivity index is 1.80. The molecule has 0 fully saturated rings. The van der Waals surface area contributed by atoms with Gasteiger partial charge >= 0.3 is 0 Å². The summed E-state index contributed by atoms with van der Waals surface area (Å²) in [5.41, 5.74) is 0.979. The van der Waals surface area contributed by atoms with Crippen molar-refractivity contribution in [2.24, 2.45) is 7.05 Å². The summed E-state index contributed by atoms with van der Waals surface area (Å²) >= 11 is 5.90. The average Bonchev–Trinajstić information content (AvgIpc) is 2.75.